The summed E-state index contributed by atoms with van der Waals surface area (Å²) in [5.74, 6) is 1.37. The van der Waals surface area contributed by atoms with Crippen molar-refractivity contribution < 1.29 is 9.53 Å². The summed E-state index contributed by atoms with van der Waals surface area (Å²) in [5.41, 5.74) is 0.724. The number of rotatable bonds is 5. The molecule has 1 fully saturated rings. The van der Waals surface area contributed by atoms with Crippen molar-refractivity contribution in [3.8, 4) is 5.75 Å². The van der Waals surface area contributed by atoms with Crippen molar-refractivity contribution in [2.75, 3.05) is 13.7 Å². The van der Waals surface area contributed by atoms with Crippen LogP contribution in [-0.2, 0) is 0 Å². The molecule has 3 nitrogen and oxygen atoms in total. The lowest BCUT2D eigenvalue weighted by Gasteiger charge is -2.24. The Kier molecular flexibility index (Phi) is 3.90. The predicted molar refractivity (Wildman–Crippen MR) is 71.9 cm³/mol. The summed E-state index contributed by atoms with van der Waals surface area (Å²) in [6, 6.07) is 7.86. The summed E-state index contributed by atoms with van der Waals surface area (Å²) in [6.07, 6.45) is 2.28. The highest BCUT2D eigenvalue weighted by atomic mass is 16.5. The Balaban J connectivity index is 2.16. The predicted octanol–water partition coefficient (Wildman–Crippen LogP) is 2.96. The second kappa shape index (κ2) is 5.42. The second-order valence-corrected chi connectivity index (χ2v) is 5.31. The van der Waals surface area contributed by atoms with E-state index < -0.39 is 0 Å². The molecule has 0 spiro atoms. The van der Waals surface area contributed by atoms with E-state index in [0.717, 1.165) is 30.7 Å². The number of amides is 1. The van der Waals surface area contributed by atoms with E-state index in [1.54, 1.807) is 7.11 Å². The number of hydrogen-bond donors (Lipinski definition) is 0. The van der Waals surface area contributed by atoms with Crippen LogP contribution in [0, 0.1) is 5.92 Å². The Morgan fingerprint density at radius 1 is 1.44 bits per heavy atom. The van der Waals surface area contributed by atoms with Gasteiger partial charge in [-0.15, -0.1) is 0 Å². The Labute approximate surface area is 109 Å². The van der Waals surface area contributed by atoms with Gasteiger partial charge < -0.3 is 9.64 Å². The summed E-state index contributed by atoms with van der Waals surface area (Å²) < 4.78 is 5.17. The van der Waals surface area contributed by atoms with Crippen molar-refractivity contribution in [1.29, 1.82) is 0 Å². The molecule has 1 aromatic rings. The van der Waals surface area contributed by atoms with Crippen molar-refractivity contribution in [2.24, 2.45) is 5.92 Å². The van der Waals surface area contributed by atoms with Crippen LogP contribution in [0.1, 0.15) is 37.0 Å². The van der Waals surface area contributed by atoms with Gasteiger partial charge in [0.1, 0.15) is 5.75 Å². The van der Waals surface area contributed by atoms with Gasteiger partial charge in [-0.2, -0.15) is 0 Å². The summed E-state index contributed by atoms with van der Waals surface area (Å²) in [5, 5.41) is 0. The number of carbonyl (C=O) groups is 1. The molecule has 1 saturated carbocycles. The summed E-state index contributed by atoms with van der Waals surface area (Å²) in [7, 11) is 1.62. The maximum Gasteiger partial charge on any atom is 0.254 e. The first-order valence-corrected chi connectivity index (χ1v) is 6.57. The summed E-state index contributed by atoms with van der Waals surface area (Å²) in [6.45, 7) is 5.13. The van der Waals surface area contributed by atoms with Gasteiger partial charge in [0.2, 0.25) is 0 Å². The topological polar surface area (TPSA) is 29.5 Å². The molecular weight excluding hydrogens is 226 g/mol. The first-order valence-electron chi connectivity index (χ1n) is 6.57. The molecule has 98 valence electrons. The van der Waals surface area contributed by atoms with Gasteiger partial charge >= 0.3 is 0 Å². The van der Waals surface area contributed by atoms with Crippen molar-refractivity contribution in [1.82, 2.24) is 4.90 Å². The fraction of sp³-hybridized carbons (Fsp3) is 0.533. The Hall–Kier alpha value is -1.51. The molecular formula is C15H21NO2. The summed E-state index contributed by atoms with van der Waals surface area (Å²) in [4.78, 5) is 14.5. The van der Waals surface area contributed by atoms with Crippen LogP contribution < -0.4 is 4.74 Å². The molecule has 0 atom stereocenters. The van der Waals surface area contributed by atoms with Gasteiger partial charge in [0.15, 0.2) is 0 Å². The van der Waals surface area contributed by atoms with E-state index in [9.17, 15) is 4.79 Å². The fourth-order valence-corrected chi connectivity index (χ4v) is 2.10. The molecule has 0 heterocycles. The van der Waals surface area contributed by atoms with E-state index in [0.29, 0.717) is 12.0 Å². The van der Waals surface area contributed by atoms with Gasteiger partial charge in [-0.25, -0.2) is 0 Å². The average molecular weight is 247 g/mol. The quantitative estimate of drug-likeness (QED) is 0.800. The van der Waals surface area contributed by atoms with Crippen LogP contribution in [-0.4, -0.2) is 30.5 Å². The van der Waals surface area contributed by atoms with Crippen LogP contribution in [0.25, 0.3) is 0 Å². The molecule has 1 aliphatic carbocycles. The zero-order chi connectivity index (χ0) is 13.1. The number of nitrogens with zero attached hydrogens (tertiary/aromatic N) is 1. The molecule has 0 saturated heterocycles. The van der Waals surface area contributed by atoms with Crippen LogP contribution in [0.15, 0.2) is 24.3 Å². The van der Waals surface area contributed by atoms with Gasteiger partial charge in [0.05, 0.1) is 7.11 Å². The number of methoxy groups -OCH3 is 1. The Morgan fingerprint density at radius 3 is 2.72 bits per heavy atom. The first-order chi connectivity index (χ1) is 8.61. The smallest absolute Gasteiger partial charge is 0.254 e. The zero-order valence-corrected chi connectivity index (χ0v) is 11.3. The van der Waals surface area contributed by atoms with Crippen LogP contribution >= 0.6 is 0 Å². The maximum atomic E-state index is 12.5. The maximum absolute atomic E-state index is 12.5. The van der Waals surface area contributed by atoms with Gasteiger partial charge in [-0.05, 0) is 37.0 Å². The summed E-state index contributed by atoms with van der Waals surface area (Å²) >= 11 is 0. The molecule has 1 amide bonds. The van der Waals surface area contributed by atoms with Crippen LogP contribution in [0.5, 0.6) is 5.75 Å². The van der Waals surface area contributed by atoms with Crippen LogP contribution in [0.4, 0.5) is 0 Å². The number of benzene rings is 1. The standard InChI is InChI=1S/C15H21NO2/c1-11(2)10-16(13-7-8-13)15(17)12-5-4-6-14(9-12)18-3/h4-6,9,11,13H,7-8,10H2,1-3H3. The van der Waals surface area contributed by atoms with E-state index in [2.05, 4.69) is 13.8 Å². The molecule has 0 bridgehead atoms. The van der Waals surface area contributed by atoms with Crippen molar-refractivity contribution in [2.45, 2.75) is 32.7 Å². The van der Waals surface area contributed by atoms with Gasteiger partial charge in [-0.3, -0.25) is 4.79 Å². The Bertz CT molecular complexity index is 424. The fourth-order valence-electron chi connectivity index (χ4n) is 2.10. The molecule has 1 aliphatic rings. The molecule has 0 unspecified atom stereocenters. The molecule has 18 heavy (non-hydrogen) atoms. The van der Waals surface area contributed by atoms with E-state index in [-0.39, 0.29) is 5.91 Å². The van der Waals surface area contributed by atoms with Crippen molar-refractivity contribution in [3.05, 3.63) is 29.8 Å². The van der Waals surface area contributed by atoms with Gasteiger partial charge in [0, 0.05) is 18.2 Å². The molecule has 2 rings (SSSR count). The van der Waals surface area contributed by atoms with E-state index in [1.807, 2.05) is 29.2 Å². The minimum Gasteiger partial charge on any atom is -0.497 e. The van der Waals surface area contributed by atoms with Crippen molar-refractivity contribution >= 4 is 5.91 Å². The molecule has 0 radical (unpaired) electrons. The molecule has 3 heteroatoms. The monoisotopic (exact) mass is 247 g/mol. The largest absolute Gasteiger partial charge is 0.497 e. The minimum atomic E-state index is 0.130. The molecule has 0 aliphatic heterocycles. The molecule has 0 N–H and O–H groups in total. The van der Waals surface area contributed by atoms with E-state index in [1.165, 1.54) is 0 Å². The van der Waals surface area contributed by atoms with Gasteiger partial charge in [-0.1, -0.05) is 19.9 Å². The van der Waals surface area contributed by atoms with Crippen LogP contribution in [0.2, 0.25) is 0 Å². The zero-order valence-electron chi connectivity index (χ0n) is 11.3. The van der Waals surface area contributed by atoms with Gasteiger partial charge in [0.25, 0.3) is 5.91 Å². The molecule has 1 aromatic carbocycles. The van der Waals surface area contributed by atoms with Crippen LogP contribution in [0.3, 0.4) is 0 Å². The highest BCUT2D eigenvalue weighted by molar-refractivity contribution is 5.95. The van der Waals surface area contributed by atoms with Crippen molar-refractivity contribution in [3.63, 3.8) is 0 Å². The highest BCUT2D eigenvalue weighted by Gasteiger charge is 2.33. The average Bonchev–Trinajstić information content (AvgIpc) is 3.19. The highest BCUT2D eigenvalue weighted by Crippen LogP contribution is 2.29. The molecule has 0 aromatic heterocycles. The lowest BCUT2D eigenvalue weighted by atomic mass is 10.1. The third-order valence-electron chi connectivity index (χ3n) is 3.13. The second-order valence-electron chi connectivity index (χ2n) is 5.31. The van der Waals surface area contributed by atoms with E-state index in [4.69, 9.17) is 4.74 Å². The number of hydrogen-bond acceptors (Lipinski definition) is 2. The van der Waals surface area contributed by atoms with E-state index >= 15 is 0 Å². The number of carbonyl (C=O) groups excluding carboxylic acids is 1. The third kappa shape index (κ3) is 3.03. The number of ether oxygens (including phenoxy) is 1. The first kappa shape index (κ1) is 12.9. The third-order valence-corrected chi connectivity index (χ3v) is 3.13. The Morgan fingerprint density at radius 2 is 2.17 bits per heavy atom. The lowest BCUT2D eigenvalue weighted by Crippen LogP contribution is -2.36. The SMILES string of the molecule is COc1cccc(C(=O)N(CC(C)C)C2CC2)c1. The minimum absolute atomic E-state index is 0.130. The lowest BCUT2D eigenvalue weighted by molar-refractivity contribution is 0.0722. The normalized spacial score (nSPS) is 14.7.